The Labute approximate surface area is 126 Å². The minimum atomic E-state index is -3.17. The number of sulfonamides is 1. The van der Waals surface area contributed by atoms with Crippen LogP contribution in [-0.4, -0.2) is 38.7 Å². The second kappa shape index (κ2) is 7.02. The molecule has 2 heterocycles. The number of thiophene rings is 1. The zero-order valence-corrected chi connectivity index (χ0v) is 13.8. The van der Waals surface area contributed by atoms with Crippen molar-refractivity contribution in [3.05, 3.63) is 22.4 Å². The van der Waals surface area contributed by atoms with Gasteiger partial charge in [-0.3, -0.25) is 4.90 Å². The van der Waals surface area contributed by atoms with E-state index in [1.807, 2.05) is 13.8 Å². The lowest BCUT2D eigenvalue weighted by molar-refractivity contribution is 0.247. The van der Waals surface area contributed by atoms with E-state index in [9.17, 15) is 8.42 Å². The summed E-state index contributed by atoms with van der Waals surface area (Å²) in [6.07, 6.45) is 2.42. The van der Waals surface area contributed by atoms with Gasteiger partial charge < -0.3 is 0 Å². The van der Waals surface area contributed by atoms with E-state index in [2.05, 4.69) is 26.4 Å². The van der Waals surface area contributed by atoms with Crippen LogP contribution in [0.15, 0.2) is 16.8 Å². The van der Waals surface area contributed by atoms with Gasteiger partial charge in [0.1, 0.15) is 0 Å². The molecule has 0 radical (unpaired) electrons. The number of hydrogen-bond donors (Lipinski definition) is 1. The summed E-state index contributed by atoms with van der Waals surface area (Å²) in [5.74, 6) is 0.350. The molecule has 1 aromatic heterocycles. The second-order valence-electron chi connectivity index (χ2n) is 5.84. The van der Waals surface area contributed by atoms with E-state index in [-0.39, 0.29) is 17.7 Å². The van der Waals surface area contributed by atoms with Crippen molar-refractivity contribution >= 4 is 21.4 Å². The molecule has 1 saturated heterocycles. The van der Waals surface area contributed by atoms with Crippen LogP contribution in [0, 0.1) is 5.92 Å². The molecule has 0 aromatic carbocycles. The number of nitrogens with one attached hydrogen (secondary N) is 1. The van der Waals surface area contributed by atoms with Crippen LogP contribution in [0.5, 0.6) is 0 Å². The van der Waals surface area contributed by atoms with Crippen LogP contribution in [0.2, 0.25) is 0 Å². The predicted octanol–water partition coefficient (Wildman–Crippen LogP) is 2.46. The topological polar surface area (TPSA) is 49.4 Å². The Morgan fingerprint density at radius 1 is 1.35 bits per heavy atom. The van der Waals surface area contributed by atoms with Gasteiger partial charge in [0, 0.05) is 12.6 Å². The summed E-state index contributed by atoms with van der Waals surface area (Å²) < 4.78 is 26.8. The largest absolute Gasteiger partial charge is 0.295 e. The molecule has 0 spiro atoms. The zero-order chi connectivity index (χ0) is 14.6. The van der Waals surface area contributed by atoms with Crippen LogP contribution >= 0.6 is 11.3 Å². The van der Waals surface area contributed by atoms with E-state index in [0.29, 0.717) is 6.54 Å². The Morgan fingerprint density at radius 2 is 2.05 bits per heavy atom. The maximum atomic E-state index is 12.0. The summed E-state index contributed by atoms with van der Waals surface area (Å²) in [7, 11) is -3.17. The highest BCUT2D eigenvalue weighted by molar-refractivity contribution is 7.89. The molecule has 1 atom stereocenters. The lowest BCUT2D eigenvalue weighted by Gasteiger charge is -2.27. The van der Waals surface area contributed by atoms with E-state index >= 15 is 0 Å². The van der Waals surface area contributed by atoms with Crippen LogP contribution in [0.4, 0.5) is 0 Å². The van der Waals surface area contributed by atoms with Crippen LogP contribution in [0.1, 0.15) is 38.3 Å². The highest BCUT2D eigenvalue weighted by atomic mass is 32.2. The highest BCUT2D eigenvalue weighted by Gasteiger charge is 2.25. The number of nitrogens with zero attached hydrogens (tertiary/aromatic N) is 1. The summed E-state index contributed by atoms with van der Waals surface area (Å²) in [5, 5.41) is 4.18. The third kappa shape index (κ3) is 4.55. The second-order valence-corrected chi connectivity index (χ2v) is 8.47. The number of hydrogen-bond acceptors (Lipinski definition) is 4. The van der Waals surface area contributed by atoms with Crippen molar-refractivity contribution in [1.82, 2.24) is 9.62 Å². The third-order valence-corrected chi connectivity index (χ3v) is 5.97. The summed E-state index contributed by atoms with van der Waals surface area (Å²) in [6.45, 7) is 6.46. The molecule has 6 heteroatoms. The Balaban J connectivity index is 2.01. The van der Waals surface area contributed by atoms with Crippen molar-refractivity contribution in [1.29, 1.82) is 0 Å². The smallest absolute Gasteiger partial charge is 0.211 e. The Kier molecular flexibility index (Phi) is 5.60. The first-order chi connectivity index (χ1) is 9.48. The lowest BCUT2D eigenvalue weighted by Crippen LogP contribution is -2.38. The zero-order valence-electron chi connectivity index (χ0n) is 12.2. The van der Waals surface area contributed by atoms with Crippen molar-refractivity contribution in [3.63, 3.8) is 0 Å². The first-order valence-corrected chi connectivity index (χ1v) is 9.81. The maximum absolute atomic E-state index is 12.0. The van der Waals surface area contributed by atoms with Crippen LogP contribution in [0.3, 0.4) is 0 Å². The molecular weight excluding hydrogens is 292 g/mol. The minimum absolute atomic E-state index is 0.152. The summed E-state index contributed by atoms with van der Waals surface area (Å²) in [4.78, 5) is 2.39. The van der Waals surface area contributed by atoms with Crippen molar-refractivity contribution in [2.24, 2.45) is 5.92 Å². The van der Waals surface area contributed by atoms with Crippen LogP contribution in [-0.2, 0) is 10.0 Å². The molecule has 0 saturated carbocycles. The van der Waals surface area contributed by atoms with Crippen molar-refractivity contribution in [3.8, 4) is 0 Å². The molecule has 1 N–H and O–H groups in total. The molecule has 0 bridgehead atoms. The van der Waals surface area contributed by atoms with Crippen molar-refractivity contribution < 1.29 is 8.42 Å². The van der Waals surface area contributed by atoms with E-state index in [1.54, 1.807) is 11.3 Å². The predicted molar refractivity (Wildman–Crippen MR) is 84.5 cm³/mol. The molecule has 2 rings (SSSR count). The fourth-order valence-electron chi connectivity index (χ4n) is 2.68. The monoisotopic (exact) mass is 316 g/mol. The molecule has 1 aromatic rings. The van der Waals surface area contributed by atoms with Gasteiger partial charge in [0.2, 0.25) is 10.0 Å². The molecule has 4 nitrogen and oxygen atoms in total. The summed E-state index contributed by atoms with van der Waals surface area (Å²) >= 11 is 1.67. The van der Waals surface area contributed by atoms with Gasteiger partial charge in [0.15, 0.2) is 0 Å². The third-order valence-electron chi connectivity index (χ3n) is 3.56. The Morgan fingerprint density at radius 3 is 2.60 bits per heavy atom. The molecule has 1 aliphatic heterocycles. The molecule has 1 aliphatic rings. The normalized spacial score (nSPS) is 18.8. The van der Waals surface area contributed by atoms with Gasteiger partial charge in [-0.1, -0.05) is 13.8 Å². The molecule has 1 fully saturated rings. The van der Waals surface area contributed by atoms with E-state index in [0.717, 1.165) is 13.1 Å². The van der Waals surface area contributed by atoms with Crippen LogP contribution in [0.25, 0.3) is 0 Å². The fourth-order valence-corrected chi connectivity index (χ4v) is 4.79. The van der Waals surface area contributed by atoms with Gasteiger partial charge in [0.25, 0.3) is 0 Å². The van der Waals surface area contributed by atoms with Gasteiger partial charge in [-0.15, -0.1) is 0 Å². The van der Waals surface area contributed by atoms with Gasteiger partial charge in [0.05, 0.1) is 5.75 Å². The van der Waals surface area contributed by atoms with Crippen molar-refractivity contribution in [2.45, 2.75) is 32.7 Å². The average molecular weight is 316 g/mol. The lowest BCUT2D eigenvalue weighted by atomic mass is 10.1. The van der Waals surface area contributed by atoms with Gasteiger partial charge in [-0.05, 0) is 54.2 Å². The Hall–Kier alpha value is -0.430. The van der Waals surface area contributed by atoms with E-state index < -0.39 is 10.0 Å². The van der Waals surface area contributed by atoms with E-state index in [1.165, 1.54) is 18.4 Å². The standard InChI is InChI=1S/C14H24N2O2S2/c1-12(2)11-20(17,18)15-9-14(13-5-8-19-10-13)16-6-3-4-7-16/h5,8,10,12,14-15H,3-4,6-7,9,11H2,1-2H3. The molecule has 0 aliphatic carbocycles. The average Bonchev–Trinajstić information content (AvgIpc) is 2.98. The fraction of sp³-hybridized carbons (Fsp3) is 0.714. The molecule has 114 valence electrons. The number of likely N-dealkylation sites (tertiary alicyclic amines) is 1. The van der Waals surface area contributed by atoms with Gasteiger partial charge >= 0.3 is 0 Å². The van der Waals surface area contributed by atoms with Gasteiger partial charge in [-0.25, -0.2) is 13.1 Å². The maximum Gasteiger partial charge on any atom is 0.211 e. The molecule has 20 heavy (non-hydrogen) atoms. The van der Waals surface area contributed by atoms with Crippen LogP contribution < -0.4 is 4.72 Å². The highest BCUT2D eigenvalue weighted by Crippen LogP contribution is 2.26. The van der Waals surface area contributed by atoms with Gasteiger partial charge in [-0.2, -0.15) is 11.3 Å². The Bertz CT molecular complexity index is 491. The number of rotatable bonds is 7. The summed E-state index contributed by atoms with van der Waals surface area (Å²) in [6, 6.07) is 2.27. The van der Waals surface area contributed by atoms with Crippen molar-refractivity contribution in [2.75, 3.05) is 25.4 Å². The van der Waals surface area contributed by atoms with E-state index in [4.69, 9.17) is 0 Å². The summed E-state index contributed by atoms with van der Waals surface area (Å²) in [5.41, 5.74) is 1.23. The molecular formula is C14H24N2O2S2. The molecule has 0 amide bonds. The molecule has 1 unspecified atom stereocenters. The SMILES string of the molecule is CC(C)CS(=O)(=O)NCC(c1ccsc1)N1CCCC1. The first kappa shape index (κ1) is 15.9. The first-order valence-electron chi connectivity index (χ1n) is 7.21. The minimum Gasteiger partial charge on any atom is -0.295 e. The quantitative estimate of drug-likeness (QED) is 0.840.